The van der Waals surface area contributed by atoms with Crippen molar-refractivity contribution in [1.82, 2.24) is 4.90 Å². The third-order valence-corrected chi connectivity index (χ3v) is 6.77. The molecule has 1 fully saturated rings. The maximum absolute atomic E-state index is 13.9. The Hall–Kier alpha value is -2.28. The van der Waals surface area contributed by atoms with Crippen molar-refractivity contribution in [2.45, 2.75) is 77.0 Å². The number of hydrogen-bond acceptors (Lipinski definition) is 4. The Kier molecular flexibility index (Phi) is 10.1. The van der Waals surface area contributed by atoms with Gasteiger partial charge in [-0.3, -0.25) is 9.69 Å². The first-order valence-electron chi connectivity index (χ1n) is 12.4. The maximum atomic E-state index is 13.9. The first kappa shape index (κ1) is 26.3. The fraction of sp³-hybridized carbons (Fsp3) is 0.536. The molecule has 1 saturated heterocycles. The average Bonchev–Trinajstić information content (AvgIpc) is 3.24. The van der Waals surface area contributed by atoms with E-state index < -0.39 is 12.1 Å². The SMILES string of the molecule is Cc1ccc(C[C@@H]2CCCN2C[C@H](O)CO[C@H](C)c2ccccc2CCCCC(=O)O)cc1F. The van der Waals surface area contributed by atoms with Crippen LogP contribution in [0.3, 0.4) is 0 Å². The van der Waals surface area contributed by atoms with E-state index in [1.807, 2.05) is 37.3 Å². The van der Waals surface area contributed by atoms with Crippen LogP contribution in [0.2, 0.25) is 0 Å². The summed E-state index contributed by atoms with van der Waals surface area (Å²) in [6.45, 7) is 5.49. The monoisotopic (exact) mass is 471 g/mol. The van der Waals surface area contributed by atoms with Crippen LogP contribution >= 0.6 is 0 Å². The van der Waals surface area contributed by atoms with Gasteiger partial charge in [0.15, 0.2) is 0 Å². The van der Waals surface area contributed by atoms with Crippen LogP contribution < -0.4 is 0 Å². The highest BCUT2D eigenvalue weighted by Gasteiger charge is 2.27. The van der Waals surface area contributed by atoms with E-state index in [-0.39, 0.29) is 24.9 Å². The van der Waals surface area contributed by atoms with Crippen molar-refractivity contribution >= 4 is 5.97 Å². The zero-order chi connectivity index (χ0) is 24.5. The van der Waals surface area contributed by atoms with Crippen LogP contribution in [0.25, 0.3) is 0 Å². The molecule has 1 aliphatic rings. The molecule has 5 nitrogen and oxygen atoms in total. The second-order valence-electron chi connectivity index (χ2n) is 9.51. The van der Waals surface area contributed by atoms with E-state index >= 15 is 0 Å². The van der Waals surface area contributed by atoms with E-state index in [4.69, 9.17) is 9.84 Å². The van der Waals surface area contributed by atoms with Crippen LogP contribution in [0.4, 0.5) is 4.39 Å². The molecule has 34 heavy (non-hydrogen) atoms. The number of likely N-dealkylation sites (tertiary alicyclic amines) is 1. The van der Waals surface area contributed by atoms with Crippen molar-refractivity contribution in [2.24, 2.45) is 0 Å². The van der Waals surface area contributed by atoms with Crippen LogP contribution in [-0.4, -0.2) is 52.9 Å². The van der Waals surface area contributed by atoms with Crippen molar-refractivity contribution < 1.29 is 24.1 Å². The van der Waals surface area contributed by atoms with Crippen molar-refractivity contribution in [3.8, 4) is 0 Å². The van der Waals surface area contributed by atoms with E-state index in [0.717, 1.165) is 49.8 Å². The number of carboxylic acid groups (broad SMARTS) is 1. The summed E-state index contributed by atoms with van der Waals surface area (Å²) >= 11 is 0. The van der Waals surface area contributed by atoms with Gasteiger partial charge in [-0.15, -0.1) is 0 Å². The fourth-order valence-electron chi connectivity index (χ4n) is 4.82. The molecule has 2 aromatic rings. The topological polar surface area (TPSA) is 70.0 Å². The van der Waals surface area contributed by atoms with Crippen LogP contribution in [0.15, 0.2) is 42.5 Å². The molecule has 0 spiro atoms. The summed E-state index contributed by atoms with van der Waals surface area (Å²) in [5.74, 6) is -0.920. The summed E-state index contributed by atoms with van der Waals surface area (Å²) in [5.41, 5.74) is 3.92. The highest BCUT2D eigenvalue weighted by Crippen LogP contribution is 2.25. The fourth-order valence-corrected chi connectivity index (χ4v) is 4.82. The highest BCUT2D eigenvalue weighted by molar-refractivity contribution is 5.66. The van der Waals surface area contributed by atoms with Crippen LogP contribution in [0, 0.1) is 12.7 Å². The van der Waals surface area contributed by atoms with Gasteiger partial charge in [-0.25, -0.2) is 4.39 Å². The summed E-state index contributed by atoms with van der Waals surface area (Å²) in [6.07, 6.45) is 4.65. The number of aliphatic hydroxyl groups excluding tert-OH is 1. The Bertz CT molecular complexity index is 934. The number of carboxylic acids is 1. The second-order valence-corrected chi connectivity index (χ2v) is 9.51. The van der Waals surface area contributed by atoms with Crippen molar-refractivity contribution in [3.05, 3.63) is 70.5 Å². The van der Waals surface area contributed by atoms with Gasteiger partial charge < -0.3 is 14.9 Å². The second kappa shape index (κ2) is 13.0. The minimum absolute atomic E-state index is 0.157. The molecule has 2 aromatic carbocycles. The number of aliphatic hydroxyl groups is 1. The lowest BCUT2D eigenvalue weighted by Crippen LogP contribution is -2.39. The number of rotatable bonds is 13. The number of aliphatic carboxylic acids is 1. The highest BCUT2D eigenvalue weighted by atomic mass is 19.1. The molecule has 0 aliphatic carbocycles. The smallest absolute Gasteiger partial charge is 0.303 e. The van der Waals surface area contributed by atoms with Gasteiger partial charge in [-0.2, -0.15) is 0 Å². The van der Waals surface area contributed by atoms with Crippen LogP contribution in [0.5, 0.6) is 0 Å². The third-order valence-electron chi connectivity index (χ3n) is 6.77. The molecule has 0 bridgehead atoms. The molecular formula is C28H38FNO4. The van der Waals surface area contributed by atoms with Crippen LogP contribution in [-0.2, 0) is 22.4 Å². The standard InChI is InChI=1S/C28H38FNO4/c1-20-13-14-22(17-27(20)29)16-24-10-7-15-30(24)18-25(31)19-34-21(2)26-11-5-3-8-23(26)9-4-6-12-28(32)33/h3,5,8,11,13-14,17,21,24-25,31H,4,6-7,9-10,12,15-16,18-19H2,1-2H3,(H,32,33)/t21-,24+,25+/m1/s1. The predicted molar refractivity (Wildman–Crippen MR) is 131 cm³/mol. The molecule has 186 valence electrons. The molecule has 3 rings (SSSR count). The predicted octanol–water partition coefficient (Wildman–Crippen LogP) is 5.08. The molecule has 0 amide bonds. The molecule has 0 aromatic heterocycles. The molecule has 0 unspecified atom stereocenters. The van der Waals surface area contributed by atoms with Crippen molar-refractivity contribution in [1.29, 1.82) is 0 Å². The quantitative estimate of drug-likeness (QED) is 0.399. The van der Waals surface area contributed by atoms with Gasteiger partial charge in [0.05, 0.1) is 18.8 Å². The van der Waals surface area contributed by atoms with Gasteiger partial charge in [-0.05, 0) is 87.2 Å². The number of unbranched alkanes of at least 4 members (excludes halogenated alkanes) is 1. The number of nitrogens with zero attached hydrogens (tertiary/aromatic N) is 1. The lowest BCUT2D eigenvalue weighted by molar-refractivity contribution is -0.137. The first-order chi connectivity index (χ1) is 16.3. The molecule has 1 heterocycles. The molecule has 6 heteroatoms. The molecule has 1 aliphatic heterocycles. The molecular weight excluding hydrogens is 433 g/mol. The Balaban J connectivity index is 1.48. The summed E-state index contributed by atoms with van der Waals surface area (Å²) < 4.78 is 20.0. The van der Waals surface area contributed by atoms with Gasteiger partial charge in [-0.1, -0.05) is 36.4 Å². The summed E-state index contributed by atoms with van der Waals surface area (Å²) in [6, 6.07) is 13.8. The van der Waals surface area contributed by atoms with Crippen molar-refractivity contribution in [3.63, 3.8) is 0 Å². The summed E-state index contributed by atoms with van der Waals surface area (Å²) in [4.78, 5) is 13.0. The van der Waals surface area contributed by atoms with Gasteiger partial charge in [0, 0.05) is 19.0 Å². The normalized spacial score (nSPS) is 18.2. The number of aryl methyl sites for hydroxylation is 2. The van der Waals surface area contributed by atoms with E-state index in [1.165, 1.54) is 5.56 Å². The number of halogens is 1. The summed E-state index contributed by atoms with van der Waals surface area (Å²) in [7, 11) is 0. The Labute approximate surface area is 202 Å². The molecule has 0 saturated carbocycles. The van der Waals surface area contributed by atoms with Gasteiger partial charge in [0.2, 0.25) is 0 Å². The lowest BCUT2D eigenvalue weighted by atomic mass is 9.98. The minimum atomic E-state index is -0.759. The number of β-amino-alcohol motifs (C(OH)–C–C–N with tert-alkyl or cyclic N) is 1. The zero-order valence-corrected chi connectivity index (χ0v) is 20.4. The minimum Gasteiger partial charge on any atom is -0.481 e. The number of benzene rings is 2. The van der Waals surface area contributed by atoms with Gasteiger partial charge >= 0.3 is 5.97 Å². The van der Waals surface area contributed by atoms with Crippen molar-refractivity contribution in [2.75, 3.05) is 19.7 Å². The van der Waals surface area contributed by atoms with Gasteiger partial charge in [0.25, 0.3) is 0 Å². The Morgan fingerprint density at radius 2 is 2.03 bits per heavy atom. The Morgan fingerprint density at radius 3 is 2.79 bits per heavy atom. The first-order valence-corrected chi connectivity index (χ1v) is 12.4. The van der Waals surface area contributed by atoms with Gasteiger partial charge in [0.1, 0.15) is 5.82 Å². The summed E-state index contributed by atoms with van der Waals surface area (Å²) in [5, 5.41) is 19.5. The lowest BCUT2D eigenvalue weighted by Gasteiger charge is -2.28. The van der Waals surface area contributed by atoms with Crippen LogP contribution in [0.1, 0.15) is 67.4 Å². The van der Waals surface area contributed by atoms with E-state index in [1.54, 1.807) is 13.0 Å². The average molecular weight is 472 g/mol. The number of ether oxygens (including phenoxy) is 1. The molecule has 2 N–H and O–H groups in total. The zero-order valence-electron chi connectivity index (χ0n) is 20.4. The largest absolute Gasteiger partial charge is 0.481 e. The Morgan fingerprint density at radius 1 is 1.24 bits per heavy atom. The molecule has 0 radical (unpaired) electrons. The molecule has 3 atom stereocenters. The third kappa shape index (κ3) is 7.90. The van der Waals surface area contributed by atoms with E-state index in [2.05, 4.69) is 11.0 Å². The van der Waals surface area contributed by atoms with E-state index in [0.29, 0.717) is 24.6 Å². The number of carbonyl (C=O) groups is 1. The number of hydrogen-bond donors (Lipinski definition) is 2. The van der Waals surface area contributed by atoms with E-state index in [9.17, 15) is 14.3 Å². The maximum Gasteiger partial charge on any atom is 0.303 e.